The van der Waals surface area contributed by atoms with Gasteiger partial charge in [-0.15, -0.1) is 0 Å². The van der Waals surface area contributed by atoms with E-state index >= 15 is 0 Å². The average Bonchev–Trinajstić information content (AvgIpc) is 2.94. The predicted octanol–water partition coefficient (Wildman–Crippen LogP) is 7.04. The van der Waals surface area contributed by atoms with Gasteiger partial charge in [0.25, 0.3) is 0 Å². The molecule has 3 aromatic rings. The summed E-state index contributed by atoms with van der Waals surface area (Å²) in [5.74, 6) is -0.123. The van der Waals surface area contributed by atoms with Crippen molar-refractivity contribution in [3.63, 3.8) is 0 Å². The minimum atomic E-state index is -9.94. The standard InChI is InChI=1S/C17H14F8N2OS2/c1-3-29(28)15-8-10(17(18,19)20)4-6-12(15)16-26-13-9-11(30(21,22,23,24)25)5-7-14(13)27(16)2/h4-9H,3H2,1-2H3. The summed E-state index contributed by atoms with van der Waals surface area (Å²) in [6.45, 7) is 1.48. The summed E-state index contributed by atoms with van der Waals surface area (Å²) in [5, 5.41) is 0. The Morgan fingerprint density at radius 2 is 1.67 bits per heavy atom. The van der Waals surface area contributed by atoms with E-state index in [1.807, 2.05) is 0 Å². The molecular formula is C17H14F8N2OS2. The average molecular weight is 478 g/mol. The Morgan fingerprint density at radius 3 is 2.20 bits per heavy atom. The Balaban J connectivity index is 2.27. The lowest BCUT2D eigenvalue weighted by molar-refractivity contribution is -0.137. The first-order valence-electron chi connectivity index (χ1n) is 8.23. The van der Waals surface area contributed by atoms with Crippen LogP contribution in [0.15, 0.2) is 46.2 Å². The number of aryl methyl sites for hydroxylation is 1. The molecular weight excluding hydrogens is 464 g/mol. The van der Waals surface area contributed by atoms with Gasteiger partial charge < -0.3 is 4.57 Å². The zero-order valence-corrected chi connectivity index (χ0v) is 16.9. The van der Waals surface area contributed by atoms with Crippen LogP contribution >= 0.6 is 10.2 Å². The van der Waals surface area contributed by atoms with Crippen LogP contribution in [0.1, 0.15) is 12.5 Å². The molecule has 0 fully saturated rings. The van der Waals surface area contributed by atoms with Crippen LogP contribution in [0, 0.1) is 0 Å². The van der Waals surface area contributed by atoms with Gasteiger partial charge >= 0.3 is 16.4 Å². The van der Waals surface area contributed by atoms with E-state index in [0.29, 0.717) is 6.07 Å². The summed E-state index contributed by atoms with van der Waals surface area (Å²) < 4.78 is 118. The zero-order valence-electron chi connectivity index (χ0n) is 15.3. The quantitative estimate of drug-likeness (QED) is 0.377. The summed E-state index contributed by atoms with van der Waals surface area (Å²) in [5.41, 5.74) is -1.43. The molecule has 1 unspecified atom stereocenters. The van der Waals surface area contributed by atoms with Crippen LogP contribution in [0.4, 0.5) is 32.6 Å². The normalized spacial score (nSPS) is 16.3. The van der Waals surface area contributed by atoms with Gasteiger partial charge in [0.2, 0.25) is 0 Å². The second kappa shape index (κ2) is 6.19. The van der Waals surface area contributed by atoms with Crippen molar-refractivity contribution in [1.82, 2.24) is 9.55 Å². The Bertz CT molecular complexity index is 1180. The third-order valence-electron chi connectivity index (χ3n) is 4.36. The van der Waals surface area contributed by atoms with Gasteiger partial charge in [0, 0.05) is 18.4 Å². The van der Waals surface area contributed by atoms with Crippen LogP contribution in [0.25, 0.3) is 22.4 Å². The largest absolute Gasteiger partial charge is 0.416 e. The van der Waals surface area contributed by atoms with Crippen LogP contribution in [-0.2, 0) is 24.0 Å². The summed E-state index contributed by atoms with van der Waals surface area (Å²) in [7, 11) is -10.4. The van der Waals surface area contributed by atoms with E-state index in [1.165, 1.54) is 18.5 Å². The van der Waals surface area contributed by atoms with Crippen LogP contribution in [0.5, 0.6) is 0 Å². The first-order valence-corrected chi connectivity index (χ1v) is 11.5. The molecule has 1 aromatic heterocycles. The fourth-order valence-electron chi connectivity index (χ4n) is 2.89. The molecule has 0 aliphatic heterocycles. The molecule has 3 nitrogen and oxygen atoms in total. The fraction of sp³-hybridized carbons (Fsp3) is 0.235. The lowest BCUT2D eigenvalue weighted by Crippen LogP contribution is -2.08. The third-order valence-corrected chi connectivity index (χ3v) is 6.85. The highest BCUT2D eigenvalue weighted by molar-refractivity contribution is 8.45. The van der Waals surface area contributed by atoms with Crippen LogP contribution in [0.2, 0.25) is 0 Å². The van der Waals surface area contributed by atoms with E-state index in [9.17, 15) is 36.8 Å². The number of aromatic nitrogens is 2. The van der Waals surface area contributed by atoms with Crippen molar-refractivity contribution in [2.45, 2.75) is 22.9 Å². The first kappa shape index (κ1) is 22.5. The maximum Gasteiger partial charge on any atom is 0.416 e. The molecule has 0 saturated heterocycles. The van der Waals surface area contributed by atoms with E-state index in [4.69, 9.17) is 0 Å². The maximum atomic E-state index is 13.1. The van der Waals surface area contributed by atoms with Crippen molar-refractivity contribution in [2.24, 2.45) is 7.05 Å². The lowest BCUT2D eigenvalue weighted by Gasteiger charge is -2.40. The molecule has 166 valence electrons. The van der Waals surface area contributed by atoms with E-state index in [2.05, 4.69) is 4.98 Å². The predicted molar refractivity (Wildman–Crippen MR) is 99.5 cm³/mol. The highest BCUT2D eigenvalue weighted by Gasteiger charge is 2.65. The molecule has 0 aliphatic rings. The highest BCUT2D eigenvalue weighted by atomic mass is 32.5. The number of hydrogen-bond acceptors (Lipinski definition) is 2. The number of nitrogens with zero attached hydrogens (tertiary/aromatic N) is 2. The molecule has 30 heavy (non-hydrogen) atoms. The smallest absolute Gasteiger partial charge is 0.327 e. The van der Waals surface area contributed by atoms with Crippen molar-refractivity contribution < 1.29 is 36.8 Å². The second-order valence-corrected chi connectivity index (χ2v) is 10.6. The Kier molecular flexibility index (Phi) is 4.65. The van der Waals surface area contributed by atoms with Gasteiger partial charge in [-0.2, -0.15) is 13.2 Å². The summed E-state index contributed by atoms with van der Waals surface area (Å²) >= 11 is 0. The van der Waals surface area contributed by atoms with Crippen molar-refractivity contribution in [1.29, 1.82) is 0 Å². The van der Waals surface area contributed by atoms with Gasteiger partial charge in [-0.05, 0) is 36.4 Å². The van der Waals surface area contributed by atoms with Gasteiger partial charge in [-0.3, -0.25) is 4.21 Å². The van der Waals surface area contributed by atoms with Gasteiger partial charge in [0.15, 0.2) is 0 Å². The maximum absolute atomic E-state index is 13.1. The SMILES string of the molecule is CCS(=O)c1cc(C(F)(F)F)ccc1-c1nc2cc(S(F)(F)(F)(F)F)ccc2n1C. The van der Waals surface area contributed by atoms with E-state index in [-0.39, 0.29) is 39.7 Å². The molecule has 0 saturated carbocycles. The molecule has 2 aromatic carbocycles. The number of benzene rings is 2. The van der Waals surface area contributed by atoms with Crippen molar-refractivity contribution in [3.05, 3.63) is 42.0 Å². The Labute approximate surface area is 167 Å². The molecule has 0 N–H and O–H groups in total. The van der Waals surface area contributed by atoms with E-state index < -0.39 is 43.2 Å². The highest BCUT2D eigenvalue weighted by Crippen LogP contribution is 3.02. The minimum absolute atomic E-state index is 0.00391. The number of alkyl halides is 3. The first-order chi connectivity index (χ1) is 13.4. The number of imidazole rings is 1. The molecule has 0 bridgehead atoms. The summed E-state index contributed by atoms with van der Waals surface area (Å²) in [6.07, 6.45) is -4.70. The van der Waals surface area contributed by atoms with E-state index in [0.717, 1.165) is 18.2 Å². The van der Waals surface area contributed by atoms with Gasteiger partial charge in [0.05, 0.1) is 32.3 Å². The lowest BCUT2D eigenvalue weighted by atomic mass is 10.1. The molecule has 1 heterocycles. The van der Waals surface area contributed by atoms with Crippen LogP contribution < -0.4 is 0 Å². The molecule has 1 atom stereocenters. The number of hydrogen-bond donors (Lipinski definition) is 0. The summed E-state index contributed by atoms with van der Waals surface area (Å²) in [6, 6.07) is 3.66. The topological polar surface area (TPSA) is 34.9 Å². The molecule has 0 amide bonds. The van der Waals surface area contributed by atoms with Crippen molar-refractivity contribution in [2.75, 3.05) is 5.75 Å². The number of fused-ring (bicyclic) bond motifs is 1. The number of halogens is 8. The van der Waals surface area contributed by atoms with Gasteiger partial charge in [0.1, 0.15) is 10.7 Å². The molecule has 0 aliphatic carbocycles. The molecule has 0 spiro atoms. The Morgan fingerprint density at radius 1 is 1.03 bits per heavy atom. The monoisotopic (exact) mass is 478 g/mol. The van der Waals surface area contributed by atoms with Crippen molar-refractivity contribution >= 4 is 32.1 Å². The molecule has 3 rings (SSSR count). The van der Waals surface area contributed by atoms with Gasteiger partial charge in [-0.1, -0.05) is 26.4 Å². The summed E-state index contributed by atoms with van der Waals surface area (Å²) in [4.78, 5) is 1.58. The zero-order chi connectivity index (χ0) is 22.8. The third kappa shape index (κ3) is 4.17. The molecule has 13 heteroatoms. The minimum Gasteiger partial charge on any atom is -0.327 e. The molecule has 0 radical (unpaired) electrons. The van der Waals surface area contributed by atoms with Crippen molar-refractivity contribution in [3.8, 4) is 11.4 Å². The number of rotatable bonds is 4. The van der Waals surface area contributed by atoms with Gasteiger partial charge in [-0.25, -0.2) is 4.98 Å². The fourth-order valence-corrected chi connectivity index (χ4v) is 4.52. The van der Waals surface area contributed by atoms with E-state index in [1.54, 1.807) is 0 Å². The second-order valence-electron chi connectivity index (χ2n) is 6.46. The van der Waals surface area contributed by atoms with Crippen LogP contribution in [0.3, 0.4) is 0 Å². The van der Waals surface area contributed by atoms with Crippen LogP contribution in [-0.4, -0.2) is 19.5 Å². The Hall–Kier alpha value is -2.15.